The first kappa shape index (κ1) is 23.3. The van der Waals surface area contributed by atoms with Crippen LogP contribution in [0.1, 0.15) is 54.3 Å². The molecule has 6 rings (SSSR count). The summed E-state index contributed by atoms with van der Waals surface area (Å²) in [5, 5.41) is 4.64. The molecular formula is C30H32N4OS. The molecule has 0 atom stereocenters. The van der Waals surface area contributed by atoms with Gasteiger partial charge in [0, 0.05) is 24.2 Å². The van der Waals surface area contributed by atoms with E-state index in [0.717, 1.165) is 63.8 Å². The van der Waals surface area contributed by atoms with Crippen molar-refractivity contribution in [2.45, 2.75) is 39.0 Å². The van der Waals surface area contributed by atoms with Crippen LogP contribution < -0.4 is 0 Å². The van der Waals surface area contributed by atoms with E-state index in [-0.39, 0.29) is 0 Å². The number of aromatic nitrogens is 3. The van der Waals surface area contributed by atoms with Crippen molar-refractivity contribution in [3.63, 3.8) is 0 Å². The average molecular weight is 497 g/mol. The van der Waals surface area contributed by atoms with Crippen LogP contribution >= 0.6 is 11.3 Å². The number of likely N-dealkylation sites (N-methyl/N-ethyl adjacent to an activating group) is 1. The second-order valence-corrected chi connectivity index (χ2v) is 11.6. The lowest BCUT2D eigenvalue weighted by atomic mass is 9.75. The minimum atomic E-state index is 0.653. The summed E-state index contributed by atoms with van der Waals surface area (Å²) >= 11 is 1.61. The van der Waals surface area contributed by atoms with Gasteiger partial charge in [0.2, 0.25) is 0 Å². The Labute approximate surface area is 216 Å². The van der Waals surface area contributed by atoms with Crippen LogP contribution in [-0.2, 0) is 0 Å². The van der Waals surface area contributed by atoms with E-state index in [1.54, 1.807) is 23.1 Å². The number of rotatable bonds is 5. The number of fused-ring (bicyclic) bond motifs is 1. The molecule has 4 heterocycles. The number of carbonyl (C=O) groups is 1. The van der Waals surface area contributed by atoms with Crippen molar-refractivity contribution in [1.82, 2.24) is 19.7 Å². The van der Waals surface area contributed by atoms with Gasteiger partial charge in [-0.2, -0.15) is 5.10 Å². The topological polar surface area (TPSA) is 51.0 Å². The smallest absolute Gasteiger partial charge is 0.160 e. The Bertz CT molecular complexity index is 1390. The molecule has 0 radical (unpaired) electrons. The van der Waals surface area contributed by atoms with Gasteiger partial charge in [-0.1, -0.05) is 31.9 Å². The number of aldehydes is 1. The number of carbonyl (C=O) groups excluding carboxylic acids is 1. The molecule has 184 valence electrons. The highest BCUT2D eigenvalue weighted by atomic mass is 32.1. The lowest BCUT2D eigenvalue weighted by Gasteiger charge is -2.35. The molecule has 0 amide bonds. The maximum absolute atomic E-state index is 12.2. The Morgan fingerprint density at radius 2 is 1.86 bits per heavy atom. The first-order valence-electron chi connectivity index (χ1n) is 13.0. The predicted molar refractivity (Wildman–Crippen MR) is 148 cm³/mol. The van der Waals surface area contributed by atoms with Gasteiger partial charge in [0.1, 0.15) is 11.0 Å². The van der Waals surface area contributed by atoms with Crippen molar-refractivity contribution in [2.24, 2.45) is 11.8 Å². The Hall–Kier alpha value is -3.09. The quantitative estimate of drug-likeness (QED) is 0.283. The summed E-state index contributed by atoms with van der Waals surface area (Å²) in [5.41, 5.74) is 8.08. The van der Waals surface area contributed by atoms with Crippen molar-refractivity contribution in [2.75, 3.05) is 20.1 Å². The lowest BCUT2D eigenvalue weighted by molar-refractivity contribution is 0.112. The third kappa shape index (κ3) is 4.44. The van der Waals surface area contributed by atoms with Crippen LogP contribution in [0.3, 0.4) is 0 Å². The molecule has 0 N–H and O–H groups in total. The van der Waals surface area contributed by atoms with Crippen molar-refractivity contribution in [3.05, 3.63) is 70.9 Å². The number of hydrogen-bond donors (Lipinski definition) is 0. The monoisotopic (exact) mass is 496 g/mol. The van der Waals surface area contributed by atoms with Crippen molar-refractivity contribution in [1.29, 1.82) is 0 Å². The standard InChI is InChI=1S/C30H32N4OS/c1-20-5-7-21(8-6-20)26-17-33(2)15-13-24(26)25-16-29(36-30(25)19-35)22-9-11-23(12-10-22)34-18-28-27(32-34)4-3-14-31-28/h3-4,9-12,14,16,18-21H,5-8,13,15,17H2,1-2H3. The minimum absolute atomic E-state index is 0.653. The second kappa shape index (κ2) is 9.75. The van der Waals surface area contributed by atoms with Crippen LogP contribution in [0, 0.1) is 11.8 Å². The molecule has 1 aliphatic carbocycles. The molecule has 1 fully saturated rings. The van der Waals surface area contributed by atoms with Crippen LogP contribution in [0.25, 0.3) is 32.7 Å². The third-order valence-corrected chi connectivity index (χ3v) is 9.08. The van der Waals surface area contributed by atoms with E-state index in [0.29, 0.717) is 5.92 Å². The fourth-order valence-corrected chi connectivity index (χ4v) is 6.86. The van der Waals surface area contributed by atoms with Crippen LogP contribution in [0.15, 0.2) is 60.4 Å². The van der Waals surface area contributed by atoms with E-state index >= 15 is 0 Å². The second-order valence-electron chi connectivity index (χ2n) is 10.5. The van der Waals surface area contributed by atoms with E-state index in [2.05, 4.69) is 59.3 Å². The zero-order valence-electron chi connectivity index (χ0n) is 21.0. The van der Waals surface area contributed by atoms with Gasteiger partial charge in [0.05, 0.1) is 16.8 Å². The summed E-state index contributed by atoms with van der Waals surface area (Å²) in [4.78, 5) is 21.0. The molecule has 1 aromatic carbocycles. The maximum Gasteiger partial charge on any atom is 0.160 e. The molecule has 6 heteroatoms. The summed E-state index contributed by atoms with van der Waals surface area (Å²) in [5.74, 6) is 1.49. The van der Waals surface area contributed by atoms with Gasteiger partial charge in [0.25, 0.3) is 0 Å². The normalized spacial score (nSPS) is 21.3. The molecule has 4 aromatic rings. The summed E-state index contributed by atoms with van der Waals surface area (Å²) in [7, 11) is 2.22. The number of thiophene rings is 1. The summed E-state index contributed by atoms with van der Waals surface area (Å²) in [6.45, 7) is 4.46. The molecule has 0 unspecified atom stereocenters. The molecule has 5 nitrogen and oxygen atoms in total. The molecule has 0 saturated heterocycles. The number of nitrogens with zero attached hydrogens (tertiary/aromatic N) is 4. The van der Waals surface area contributed by atoms with E-state index in [9.17, 15) is 4.79 Å². The number of benzene rings is 1. The minimum Gasteiger partial charge on any atom is -0.302 e. The van der Waals surface area contributed by atoms with E-state index in [1.165, 1.54) is 36.8 Å². The summed E-state index contributed by atoms with van der Waals surface area (Å²) < 4.78 is 1.87. The molecule has 2 aliphatic rings. The molecular weight excluding hydrogens is 464 g/mol. The highest BCUT2D eigenvalue weighted by Crippen LogP contribution is 2.43. The van der Waals surface area contributed by atoms with Gasteiger partial charge >= 0.3 is 0 Å². The van der Waals surface area contributed by atoms with Gasteiger partial charge in [-0.05, 0) is 90.8 Å². The number of pyridine rings is 1. The fraction of sp³-hybridized carbons (Fsp3) is 0.367. The Balaban J connectivity index is 1.33. The van der Waals surface area contributed by atoms with Gasteiger partial charge in [-0.3, -0.25) is 9.78 Å². The largest absolute Gasteiger partial charge is 0.302 e. The highest BCUT2D eigenvalue weighted by molar-refractivity contribution is 7.17. The first-order chi connectivity index (χ1) is 17.6. The van der Waals surface area contributed by atoms with Crippen LogP contribution in [0.2, 0.25) is 0 Å². The van der Waals surface area contributed by atoms with Gasteiger partial charge in [-0.25, -0.2) is 4.68 Å². The van der Waals surface area contributed by atoms with E-state index < -0.39 is 0 Å². The van der Waals surface area contributed by atoms with Gasteiger partial charge in [0.15, 0.2) is 6.29 Å². The van der Waals surface area contributed by atoms with E-state index in [4.69, 9.17) is 0 Å². The van der Waals surface area contributed by atoms with E-state index in [1.807, 2.05) is 23.0 Å². The molecule has 0 spiro atoms. The predicted octanol–water partition coefficient (Wildman–Crippen LogP) is 6.88. The summed E-state index contributed by atoms with van der Waals surface area (Å²) in [6.07, 6.45) is 11.0. The Morgan fingerprint density at radius 1 is 1.06 bits per heavy atom. The van der Waals surface area contributed by atoms with Crippen molar-refractivity contribution in [3.8, 4) is 16.1 Å². The van der Waals surface area contributed by atoms with Crippen molar-refractivity contribution >= 4 is 34.2 Å². The maximum atomic E-state index is 12.2. The zero-order valence-corrected chi connectivity index (χ0v) is 21.8. The first-order valence-corrected chi connectivity index (χ1v) is 13.8. The van der Waals surface area contributed by atoms with Gasteiger partial charge in [-0.15, -0.1) is 11.3 Å². The van der Waals surface area contributed by atoms with Crippen LogP contribution in [0.5, 0.6) is 0 Å². The lowest BCUT2D eigenvalue weighted by Crippen LogP contribution is -2.31. The van der Waals surface area contributed by atoms with Gasteiger partial charge < -0.3 is 4.90 Å². The number of hydrogen-bond acceptors (Lipinski definition) is 5. The molecule has 1 saturated carbocycles. The van der Waals surface area contributed by atoms with Crippen molar-refractivity contribution < 1.29 is 4.79 Å². The molecule has 1 aliphatic heterocycles. The Kier molecular flexibility index (Phi) is 6.32. The zero-order chi connectivity index (χ0) is 24.6. The Morgan fingerprint density at radius 3 is 2.61 bits per heavy atom. The van der Waals surface area contributed by atoms with Crippen LogP contribution in [-0.4, -0.2) is 46.1 Å². The molecule has 0 bridgehead atoms. The molecule has 36 heavy (non-hydrogen) atoms. The SMILES string of the molecule is CC1CCC(C2=C(c3cc(-c4ccc(-n5cc6ncccc6n5)cc4)sc3C=O)CCN(C)C2)CC1. The third-order valence-electron chi connectivity index (χ3n) is 7.97. The molecule has 3 aromatic heterocycles. The van der Waals surface area contributed by atoms with Crippen LogP contribution in [0.4, 0.5) is 0 Å². The summed E-state index contributed by atoms with van der Waals surface area (Å²) in [6, 6.07) is 14.6. The fourth-order valence-electron chi connectivity index (χ4n) is 5.86. The highest BCUT2D eigenvalue weighted by Gasteiger charge is 2.29. The average Bonchev–Trinajstić information content (AvgIpc) is 3.54.